The Balaban J connectivity index is 1.52. The van der Waals surface area contributed by atoms with Gasteiger partial charge >= 0.3 is 0 Å². The van der Waals surface area contributed by atoms with E-state index in [9.17, 15) is 18.4 Å². The van der Waals surface area contributed by atoms with E-state index in [1.54, 1.807) is 0 Å². The van der Waals surface area contributed by atoms with Crippen LogP contribution in [-0.4, -0.2) is 22.8 Å². The molecule has 1 aliphatic heterocycles. The van der Waals surface area contributed by atoms with Gasteiger partial charge in [-0.2, -0.15) is 0 Å². The molecule has 29 heavy (non-hydrogen) atoms. The van der Waals surface area contributed by atoms with E-state index in [2.05, 4.69) is 5.32 Å². The smallest absolute Gasteiger partial charge is 0.251 e. The molecule has 2 aliphatic rings. The topological polar surface area (TPSA) is 49.4 Å². The predicted octanol–water partition coefficient (Wildman–Crippen LogP) is 4.58. The Morgan fingerprint density at radius 1 is 1.10 bits per heavy atom. The first-order valence-electron chi connectivity index (χ1n) is 9.84. The fourth-order valence-corrected chi connectivity index (χ4v) is 4.24. The minimum atomic E-state index is -0.838. The predicted molar refractivity (Wildman–Crippen MR) is 106 cm³/mol. The maximum absolute atomic E-state index is 13.8. The molecule has 1 saturated carbocycles. The lowest BCUT2D eigenvalue weighted by Gasteiger charge is -2.30. The van der Waals surface area contributed by atoms with E-state index in [4.69, 9.17) is 0 Å². The molecular formula is C23H22F2N2O2. The second kappa shape index (κ2) is 8.15. The lowest BCUT2D eigenvalue weighted by molar-refractivity contribution is -0.129. The highest BCUT2D eigenvalue weighted by Gasteiger charge is 2.40. The van der Waals surface area contributed by atoms with Crippen LogP contribution in [0.15, 0.2) is 59.7 Å². The van der Waals surface area contributed by atoms with Crippen LogP contribution in [0.2, 0.25) is 0 Å². The summed E-state index contributed by atoms with van der Waals surface area (Å²) in [6, 6.07) is 12.8. The number of benzene rings is 2. The number of anilines is 1. The Bertz CT molecular complexity index is 972. The molecule has 1 heterocycles. The molecular weight excluding hydrogens is 374 g/mol. The minimum absolute atomic E-state index is 0.0295. The van der Waals surface area contributed by atoms with Crippen molar-refractivity contribution in [3.63, 3.8) is 0 Å². The third-order valence-corrected chi connectivity index (χ3v) is 5.60. The fourth-order valence-electron chi connectivity index (χ4n) is 4.24. The summed E-state index contributed by atoms with van der Waals surface area (Å²) >= 11 is 0. The number of nitrogens with zero attached hydrogens (tertiary/aromatic N) is 1. The molecule has 2 aromatic rings. The number of hydrogen-bond donors (Lipinski definition) is 1. The van der Waals surface area contributed by atoms with Crippen LogP contribution < -0.4 is 5.32 Å². The molecule has 0 saturated heterocycles. The Morgan fingerprint density at radius 3 is 2.66 bits per heavy atom. The van der Waals surface area contributed by atoms with Gasteiger partial charge < -0.3 is 10.2 Å². The number of carbonyl (C=O) groups excluding carboxylic acids is 2. The van der Waals surface area contributed by atoms with Gasteiger partial charge in [-0.25, -0.2) is 8.78 Å². The average Bonchev–Trinajstić information content (AvgIpc) is 2.97. The molecule has 4 nitrogen and oxygen atoms in total. The molecule has 1 N–H and O–H groups in total. The van der Waals surface area contributed by atoms with Crippen molar-refractivity contribution in [3.8, 4) is 0 Å². The van der Waals surface area contributed by atoms with E-state index < -0.39 is 17.5 Å². The van der Waals surface area contributed by atoms with Crippen LogP contribution in [0.25, 0.3) is 0 Å². The van der Waals surface area contributed by atoms with Gasteiger partial charge in [0.1, 0.15) is 11.6 Å². The summed E-state index contributed by atoms with van der Waals surface area (Å²) in [5.74, 6) is -2.14. The summed E-state index contributed by atoms with van der Waals surface area (Å²) in [4.78, 5) is 27.5. The zero-order valence-electron chi connectivity index (χ0n) is 16.0. The van der Waals surface area contributed by atoms with E-state index in [-0.39, 0.29) is 24.1 Å². The van der Waals surface area contributed by atoms with Crippen molar-refractivity contribution >= 4 is 17.5 Å². The highest BCUT2D eigenvalue weighted by molar-refractivity contribution is 6.04. The largest absolute Gasteiger partial charge is 0.328 e. The van der Waals surface area contributed by atoms with Crippen LogP contribution in [0.4, 0.5) is 14.5 Å². The molecule has 0 spiro atoms. The zero-order chi connectivity index (χ0) is 20.4. The van der Waals surface area contributed by atoms with Crippen molar-refractivity contribution in [2.45, 2.75) is 44.7 Å². The molecule has 0 bridgehead atoms. The summed E-state index contributed by atoms with van der Waals surface area (Å²) < 4.78 is 26.9. The second-order valence-electron chi connectivity index (χ2n) is 7.53. The number of fused-ring (bicyclic) bond motifs is 1. The molecule has 6 heteroatoms. The van der Waals surface area contributed by atoms with Crippen LogP contribution in [-0.2, 0) is 16.1 Å². The van der Waals surface area contributed by atoms with Crippen molar-refractivity contribution < 1.29 is 18.4 Å². The van der Waals surface area contributed by atoms with Crippen molar-refractivity contribution in [3.05, 3.63) is 76.9 Å². The number of carbonyl (C=O) groups is 2. The highest BCUT2D eigenvalue weighted by atomic mass is 19.1. The Kier molecular flexibility index (Phi) is 5.43. The first-order chi connectivity index (χ1) is 14.0. The maximum atomic E-state index is 13.8. The van der Waals surface area contributed by atoms with E-state index in [0.717, 1.165) is 49.0 Å². The fraction of sp³-hybridized carbons (Fsp3) is 0.304. The summed E-state index contributed by atoms with van der Waals surface area (Å²) in [6.45, 7) is 0.506. The molecule has 0 radical (unpaired) electrons. The normalized spacial score (nSPS) is 18.8. The first kappa shape index (κ1) is 19.3. The molecule has 2 amide bonds. The summed E-state index contributed by atoms with van der Waals surface area (Å²) in [7, 11) is 0. The van der Waals surface area contributed by atoms with Crippen LogP contribution in [0.5, 0.6) is 0 Å². The molecule has 150 valence electrons. The van der Waals surface area contributed by atoms with E-state index in [1.807, 2.05) is 35.2 Å². The minimum Gasteiger partial charge on any atom is -0.328 e. The van der Waals surface area contributed by atoms with Crippen LogP contribution in [0.3, 0.4) is 0 Å². The van der Waals surface area contributed by atoms with Gasteiger partial charge in [-0.1, -0.05) is 36.8 Å². The Morgan fingerprint density at radius 2 is 1.90 bits per heavy atom. The van der Waals surface area contributed by atoms with Gasteiger partial charge in [0.25, 0.3) is 5.91 Å². The van der Waals surface area contributed by atoms with Crippen molar-refractivity contribution in [2.24, 2.45) is 0 Å². The molecule has 1 aliphatic carbocycles. The molecule has 2 aromatic carbocycles. The van der Waals surface area contributed by atoms with Gasteiger partial charge in [0.05, 0.1) is 18.2 Å². The molecule has 1 fully saturated rings. The van der Waals surface area contributed by atoms with Gasteiger partial charge in [-0.3, -0.25) is 9.59 Å². The van der Waals surface area contributed by atoms with E-state index in [1.165, 1.54) is 6.07 Å². The number of nitrogens with one attached hydrogen (secondary N) is 1. The van der Waals surface area contributed by atoms with Crippen molar-refractivity contribution in [2.75, 3.05) is 5.32 Å². The Labute approximate surface area is 168 Å². The zero-order valence-corrected chi connectivity index (χ0v) is 16.0. The first-order valence-corrected chi connectivity index (χ1v) is 9.84. The third-order valence-electron chi connectivity index (χ3n) is 5.60. The summed E-state index contributed by atoms with van der Waals surface area (Å²) in [5, 5.41) is 2.46. The number of hydrogen-bond acceptors (Lipinski definition) is 2. The van der Waals surface area contributed by atoms with Crippen molar-refractivity contribution in [1.29, 1.82) is 0 Å². The average molecular weight is 396 g/mol. The van der Waals surface area contributed by atoms with E-state index in [0.29, 0.717) is 12.1 Å². The lowest BCUT2D eigenvalue weighted by atomic mass is 9.88. The number of halogens is 2. The monoisotopic (exact) mass is 396 g/mol. The summed E-state index contributed by atoms with van der Waals surface area (Å²) in [6.07, 6.45) is 3.64. The van der Waals surface area contributed by atoms with Crippen LogP contribution >= 0.6 is 0 Å². The van der Waals surface area contributed by atoms with Gasteiger partial charge in [0.15, 0.2) is 0 Å². The molecule has 1 atom stereocenters. The maximum Gasteiger partial charge on any atom is 0.251 e. The van der Waals surface area contributed by atoms with E-state index >= 15 is 0 Å². The lowest BCUT2D eigenvalue weighted by Crippen LogP contribution is -2.36. The number of amides is 2. The van der Waals surface area contributed by atoms with Gasteiger partial charge in [0, 0.05) is 18.2 Å². The molecule has 1 unspecified atom stereocenters. The Hall–Kier alpha value is -3.02. The van der Waals surface area contributed by atoms with Gasteiger partial charge in [-0.15, -0.1) is 0 Å². The molecule has 4 rings (SSSR count). The quantitative estimate of drug-likeness (QED) is 0.805. The van der Waals surface area contributed by atoms with Gasteiger partial charge in [0.2, 0.25) is 5.91 Å². The molecule has 0 aromatic heterocycles. The standard InChI is InChI=1S/C23H22F2N2O2/c24-16-10-11-20(19(25)12-16)26-22(28)13-18-17-8-4-5-9-21(17)27(23(18)29)14-15-6-2-1-3-7-15/h1-3,6-7,10-12,21H,4-5,8-9,13-14H2,(H,26,28). The van der Waals surface area contributed by atoms with Crippen molar-refractivity contribution in [1.82, 2.24) is 4.90 Å². The second-order valence-corrected chi connectivity index (χ2v) is 7.53. The third kappa shape index (κ3) is 4.06. The van der Waals surface area contributed by atoms with Crippen LogP contribution in [0, 0.1) is 11.6 Å². The van der Waals surface area contributed by atoms with Gasteiger partial charge in [-0.05, 0) is 42.5 Å². The highest BCUT2D eigenvalue weighted by Crippen LogP contribution is 2.38. The number of rotatable bonds is 5. The van der Waals surface area contributed by atoms with Crippen LogP contribution in [0.1, 0.15) is 37.7 Å². The summed E-state index contributed by atoms with van der Waals surface area (Å²) in [5.41, 5.74) is 2.51. The SMILES string of the molecule is O=C(CC1=C2CCCCC2N(Cc2ccccc2)C1=O)Nc1ccc(F)cc1F.